The molecule has 1 aromatic carbocycles. The monoisotopic (exact) mass is 366 g/mol. The normalized spacial score (nSPS) is 12.0. The predicted molar refractivity (Wildman–Crippen MR) is 91.0 cm³/mol. The lowest BCUT2D eigenvalue weighted by Crippen LogP contribution is -2.38. The topological polar surface area (TPSA) is 66.5 Å². The highest BCUT2D eigenvalue weighted by atomic mass is 35.5. The summed E-state index contributed by atoms with van der Waals surface area (Å²) >= 11 is 11.7. The number of rotatable bonds is 7. The highest BCUT2D eigenvalue weighted by molar-refractivity contribution is 7.88. The number of hydrogen-bond acceptors (Lipinski definition) is 3. The fourth-order valence-electron chi connectivity index (χ4n) is 1.70. The second-order valence-electron chi connectivity index (χ2n) is 5.46. The van der Waals surface area contributed by atoms with E-state index in [1.807, 2.05) is 13.8 Å². The largest absolute Gasteiger partial charge is 0.325 e. The van der Waals surface area contributed by atoms with Gasteiger partial charge in [0.1, 0.15) is 0 Å². The molecule has 0 bridgehead atoms. The van der Waals surface area contributed by atoms with Gasteiger partial charge in [0.25, 0.3) is 0 Å². The van der Waals surface area contributed by atoms with Crippen LogP contribution in [0.15, 0.2) is 18.2 Å². The molecule has 0 aliphatic heterocycles. The Morgan fingerprint density at radius 1 is 1.27 bits per heavy atom. The van der Waals surface area contributed by atoms with Gasteiger partial charge in [0, 0.05) is 12.2 Å². The van der Waals surface area contributed by atoms with Crippen LogP contribution in [0.25, 0.3) is 0 Å². The number of nitrogens with zero attached hydrogens (tertiary/aromatic N) is 1. The summed E-state index contributed by atoms with van der Waals surface area (Å²) in [5, 5.41) is 3.31. The highest BCUT2D eigenvalue weighted by Crippen LogP contribution is 2.25. The number of hydrogen-bond donors (Lipinski definition) is 1. The standard InChI is InChI=1S/C14H20Cl2N2O3S/c1-10(2)6-7-18(22(3,20)21)9-14(19)17-11-4-5-12(15)13(16)8-11/h4-5,8,10H,6-7,9H2,1-3H3,(H,17,19). The zero-order valence-corrected chi connectivity index (χ0v) is 15.1. The summed E-state index contributed by atoms with van der Waals surface area (Å²) in [7, 11) is -3.44. The summed E-state index contributed by atoms with van der Waals surface area (Å²) in [6, 6.07) is 4.68. The minimum atomic E-state index is -3.44. The van der Waals surface area contributed by atoms with Crippen molar-refractivity contribution in [2.75, 3.05) is 24.7 Å². The molecule has 5 nitrogen and oxygen atoms in total. The first-order valence-electron chi connectivity index (χ1n) is 6.79. The van der Waals surface area contributed by atoms with Gasteiger partial charge in [-0.25, -0.2) is 8.42 Å². The number of benzene rings is 1. The average Bonchev–Trinajstić information content (AvgIpc) is 2.37. The minimum Gasteiger partial charge on any atom is -0.325 e. The van der Waals surface area contributed by atoms with Crippen molar-refractivity contribution in [3.8, 4) is 0 Å². The van der Waals surface area contributed by atoms with Gasteiger partial charge in [-0.3, -0.25) is 4.79 Å². The molecule has 0 saturated carbocycles. The van der Waals surface area contributed by atoms with E-state index in [1.165, 1.54) is 10.4 Å². The van der Waals surface area contributed by atoms with E-state index in [2.05, 4.69) is 5.32 Å². The van der Waals surface area contributed by atoms with Crippen molar-refractivity contribution in [3.05, 3.63) is 28.2 Å². The second-order valence-corrected chi connectivity index (χ2v) is 8.25. The molecular formula is C14H20Cl2N2O3S. The molecule has 22 heavy (non-hydrogen) atoms. The molecule has 1 N–H and O–H groups in total. The number of amides is 1. The van der Waals surface area contributed by atoms with Gasteiger partial charge in [-0.2, -0.15) is 4.31 Å². The van der Waals surface area contributed by atoms with Crippen LogP contribution in [-0.4, -0.2) is 38.0 Å². The first-order chi connectivity index (χ1) is 10.1. The number of halogens is 2. The van der Waals surface area contributed by atoms with Crippen LogP contribution >= 0.6 is 23.2 Å². The molecule has 0 fully saturated rings. The average molecular weight is 367 g/mol. The van der Waals surface area contributed by atoms with E-state index in [1.54, 1.807) is 12.1 Å². The summed E-state index contributed by atoms with van der Waals surface area (Å²) in [5.41, 5.74) is 0.469. The third kappa shape index (κ3) is 6.52. The molecule has 1 rings (SSSR count). The van der Waals surface area contributed by atoms with Crippen molar-refractivity contribution in [1.29, 1.82) is 0 Å². The fraction of sp³-hybridized carbons (Fsp3) is 0.500. The van der Waals surface area contributed by atoms with Crippen LogP contribution in [0.2, 0.25) is 10.0 Å². The number of anilines is 1. The molecule has 0 radical (unpaired) electrons. The van der Waals surface area contributed by atoms with Gasteiger partial charge in [0.15, 0.2) is 0 Å². The first kappa shape index (κ1) is 19.2. The van der Waals surface area contributed by atoms with Gasteiger partial charge >= 0.3 is 0 Å². The Kier molecular flexibility index (Phi) is 7.12. The molecule has 0 spiro atoms. The summed E-state index contributed by atoms with van der Waals surface area (Å²) in [6.45, 7) is 4.07. The van der Waals surface area contributed by atoms with Crippen molar-refractivity contribution in [2.24, 2.45) is 5.92 Å². The van der Waals surface area contributed by atoms with Crippen molar-refractivity contribution in [1.82, 2.24) is 4.31 Å². The number of nitrogens with one attached hydrogen (secondary N) is 1. The molecule has 0 aliphatic rings. The zero-order valence-electron chi connectivity index (χ0n) is 12.8. The third-order valence-electron chi connectivity index (χ3n) is 2.95. The first-order valence-corrected chi connectivity index (χ1v) is 9.40. The lowest BCUT2D eigenvalue weighted by atomic mass is 10.1. The Morgan fingerprint density at radius 2 is 1.91 bits per heavy atom. The van der Waals surface area contributed by atoms with E-state index in [0.717, 1.165) is 6.26 Å². The van der Waals surface area contributed by atoms with Crippen molar-refractivity contribution < 1.29 is 13.2 Å². The Balaban J connectivity index is 2.72. The molecule has 0 heterocycles. The second kappa shape index (κ2) is 8.15. The summed E-state index contributed by atoms with van der Waals surface area (Å²) in [4.78, 5) is 12.0. The van der Waals surface area contributed by atoms with Gasteiger partial charge in [-0.1, -0.05) is 37.0 Å². The van der Waals surface area contributed by atoms with E-state index < -0.39 is 15.9 Å². The maximum Gasteiger partial charge on any atom is 0.239 e. The van der Waals surface area contributed by atoms with Crippen LogP contribution in [0.1, 0.15) is 20.3 Å². The number of carbonyl (C=O) groups excluding carboxylic acids is 1. The molecular weight excluding hydrogens is 347 g/mol. The Labute approximate surface area is 141 Å². The van der Waals surface area contributed by atoms with Gasteiger partial charge in [-0.15, -0.1) is 0 Å². The number of carbonyl (C=O) groups is 1. The van der Waals surface area contributed by atoms with E-state index in [0.29, 0.717) is 34.6 Å². The molecule has 1 amide bonds. The van der Waals surface area contributed by atoms with Crippen molar-refractivity contribution >= 4 is 44.8 Å². The summed E-state index contributed by atoms with van der Waals surface area (Å²) < 4.78 is 24.6. The SMILES string of the molecule is CC(C)CCN(CC(=O)Nc1ccc(Cl)c(Cl)c1)S(C)(=O)=O. The molecule has 0 saturated heterocycles. The van der Waals surface area contributed by atoms with E-state index >= 15 is 0 Å². The van der Waals surface area contributed by atoms with Crippen molar-refractivity contribution in [2.45, 2.75) is 20.3 Å². The summed E-state index contributed by atoms with van der Waals surface area (Å²) in [6.07, 6.45) is 1.78. The third-order valence-corrected chi connectivity index (χ3v) is 4.94. The van der Waals surface area contributed by atoms with Crippen molar-refractivity contribution in [3.63, 3.8) is 0 Å². The van der Waals surface area contributed by atoms with Crippen LogP contribution in [0.4, 0.5) is 5.69 Å². The zero-order chi connectivity index (χ0) is 16.9. The molecule has 0 aromatic heterocycles. The lowest BCUT2D eigenvalue weighted by Gasteiger charge is -2.20. The Morgan fingerprint density at radius 3 is 2.41 bits per heavy atom. The summed E-state index contributed by atoms with van der Waals surface area (Å²) in [5.74, 6) is -0.0741. The Bertz CT molecular complexity index is 633. The number of sulfonamides is 1. The molecule has 1 aromatic rings. The molecule has 124 valence electrons. The molecule has 8 heteroatoms. The lowest BCUT2D eigenvalue weighted by molar-refractivity contribution is -0.116. The van der Waals surface area contributed by atoms with E-state index in [9.17, 15) is 13.2 Å². The molecule has 0 atom stereocenters. The van der Waals surface area contributed by atoms with Crippen LogP contribution in [-0.2, 0) is 14.8 Å². The maximum absolute atomic E-state index is 12.0. The van der Waals surface area contributed by atoms with Gasteiger partial charge < -0.3 is 5.32 Å². The Hall–Kier alpha value is -0.820. The van der Waals surface area contributed by atoms with E-state index in [-0.39, 0.29) is 6.54 Å². The van der Waals surface area contributed by atoms with Gasteiger partial charge in [0.05, 0.1) is 22.8 Å². The fourth-order valence-corrected chi connectivity index (χ4v) is 2.79. The minimum absolute atomic E-state index is 0.230. The maximum atomic E-state index is 12.0. The smallest absolute Gasteiger partial charge is 0.239 e. The molecule has 0 aliphatic carbocycles. The predicted octanol–water partition coefficient (Wildman–Crippen LogP) is 3.24. The van der Waals surface area contributed by atoms with Gasteiger partial charge in [-0.05, 0) is 30.5 Å². The van der Waals surface area contributed by atoms with Crippen LogP contribution < -0.4 is 5.32 Å². The van der Waals surface area contributed by atoms with Gasteiger partial charge in [0.2, 0.25) is 15.9 Å². The van der Waals surface area contributed by atoms with Crippen LogP contribution in [0.5, 0.6) is 0 Å². The molecule has 0 unspecified atom stereocenters. The van der Waals surface area contributed by atoms with Crippen LogP contribution in [0, 0.1) is 5.92 Å². The van der Waals surface area contributed by atoms with Crippen LogP contribution in [0.3, 0.4) is 0 Å². The quantitative estimate of drug-likeness (QED) is 0.805. The van der Waals surface area contributed by atoms with E-state index in [4.69, 9.17) is 23.2 Å². The highest BCUT2D eigenvalue weighted by Gasteiger charge is 2.20.